The molecule has 0 aromatic rings. The van der Waals surface area contributed by atoms with Gasteiger partial charge in [-0.25, -0.2) is 4.21 Å². The standard InChI is InChI=1S/C3H8N2O2S/c1-5(2)3(4)8(6)7/h4H,1-2H3,(H,6,7). The molecule has 0 spiro atoms. The van der Waals surface area contributed by atoms with Gasteiger partial charge in [0.2, 0.25) is 16.2 Å². The van der Waals surface area contributed by atoms with Crippen LogP contribution >= 0.6 is 0 Å². The quantitative estimate of drug-likeness (QED) is 0.273. The lowest BCUT2D eigenvalue weighted by atomic mass is 11.0. The summed E-state index contributed by atoms with van der Waals surface area (Å²) in [4.78, 5) is 1.27. The van der Waals surface area contributed by atoms with E-state index in [2.05, 4.69) is 0 Å². The minimum Gasteiger partial charge on any atom is -0.354 e. The number of nitrogens with zero attached hydrogens (tertiary/aromatic N) is 1. The van der Waals surface area contributed by atoms with Crippen molar-refractivity contribution in [2.24, 2.45) is 0 Å². The van der Waals surface area contributed by atoms with E-state index < -0.39 is 11.1 Å². The first-order valence-corrected chi connectivity index (χ1v) is 3.03. The SMILES string of the molecule is CN(C)C(=N)S(=O)O. The zero-order chi connectivity index (χ0) is 6.73. The highest BCUT2D eigenvalue weighted by Crippen LogP contribution is 1.81. The molecule has 8 heavy (non-hydrogen) atoms. The number of amidine groups is 1. The van der Waals surface area contributed by atoms with E-state index in [-0.39, 0.29) is 5.17 Å². The second-order valence-corrected chi connectivity index (χ2v) is 2.33. The van der Waals surface area contributed by atoms with Crippen LogP contribution < -0.4 is 0 Å². The van der Waals surface area contributed by atoms with Crippen molar-refractivity contribution in [2.75, 3.05) is 14.1 Å². The zero-order valence-corrected chi connectivity index (χ0v) is 5.53. The van der Waals surface area contributed by atoms with Gasteiger partial charge >= 0.3 is 0 Å². The van der Waals surface area contributed by atoms with Gasteiger partial charge in [0.15, 0.2) is 0 Å². The fourth-order valence-electron chi connectivity index (χ4n) is 0.156. The Morgan fingerprint density at radius 1 is 1.75 bits per heavy atom. The van der Waals surface area contributed by atoms with Crippen LogP contribution in [-0.2, 0) is 11.1 Å². The van der Waals surface area contributed by atoms with Crippen molar-refractivity contribution >= 4 is 16.2 Å². The highest BCUT2D eigenvalue weighted by molar-refractivity contribution is 7.95. The maximum absolute atomic E-state index is 9.99. The summed E-state index contributed by atoms with van der Waals surface area (Å²) in [5.41, 5.74) is 0. The van der Waals surface area contributed by atoms with Gasteiger partial charge in [-0.15, -0.1) is 0 Å². The van der Waals surface area contributed by atoms with Gasteiger partial charge in [-0.1, -0.05) is 0 Å². The first-order valence-electron chi connectivity index (χ1n) is 1.92. The monoisotopic (exact) mass is 136 g/mol. The van der Waals surface area contributed by atoms with Crippen LogP contribution in [0.25, 0.3) is 0 Å². The molecule has 0 radical (unpaired) electrons. The van der Waals surface area contributed by atoms with Gasteiger partial charge in [0, 0.05) is 14.1 Å². The largest absolute Gasteiger partial charge is 0.354 e. The predicted molar refractivity (Wildman–Crippen MR) is 32.2 cm³/mol. The molecule has 0 rings (SSSR count). The molecule has 0 fully saturated rings. The highest BCUT2D eigenvalue weighted by Gasteiger charge is 2.03. The van der Waals surface area contributed by atoms with Crippen LogP contribution in [0.5, 0.6) is 0 Å². The molecular weight excluding hydrogens is 128 g/mol. The molecule has 0 aliphatic heterocycles. The van der Waals surface area contributed by atoms with Crippen LogP contribution in [0, 0.1) is 5.41 Å². The summed E-state index contributed by atoms with van der Waals surface area (Å²) >= 11 is -2.13. The molecule has 1 unspecified atom stereocenters. The van der Waals surface area contributed by atoms with Crippen LogP contribution in [0.1, 0.15) is 0 Å². The Hall–Kier alpha value is -0.420. The minimum absolute atomic E-state index is 0.287. The van der Waals surface area contributed by atoms with E-state index in [4.69, 9.17) is 9.96 Å². The molecule has 0 aromatic heterocycles. The Balaban J connectivity index is 3.84. The first-order chi connectivity index (χ1) is 3.55. The second kappa shape index (κ2) is 2.78. The predicted octanol–water partition coefficient (Wildman–Crippen LogP) is -0.296. The van der Waals surface area contributed by atoms with Gasteiger partial charge in [-0.05, 0) is 0 Å². The average Bonchev–Trinajstić information content (AvgIpc) is 1.64. The molecule has 0 aromatic carbocycles. The van der Waals surface area contributed by atoms with E-state index in [1.54, 1.807) is 0 Å². The molecule has 0 aliphatic carbocycles. The minimum atomic E-state index is -2.13. The van der Waals surface area contributed by atoms with Gasteiger partial charge in [-0.2, -0.15) is 0 Å². The van der Waals surface area contributed by atoms with Crippen molar-refractivity contribution in [2.45, 2.75) is 0 Å². The van der Waals surface area contributed by atoms with E-state index in [0.717, 1.165) is 0 Å². The number of rotatable bonds is 0. The summed E-state index contributed by atoms with van der Waals surface area (Å²) in [5, 5.41) is 6.49. The Labute approximate surface area is 50.3 Å². The summed E-state index contributed by atoms with van der Waals surface area (Å²) in [6, 6.07) is 0. The van der Waals surface area contributed by atoms with Crippen molar-refractivity contribution < 1.29 is 8.76 Å². The topological polar surface area (TPSA) is 64.4 Å². The third-order valence-corrected chi connectivity index (χ3v) is 1.27. The fraction of sp³-hybridized carbons (Fsp3) is 0.667. The van der Waals surface area contributed by atoms with Crippen LogP contribution in [0.4, 0.5) is 0 Å². The Morgan fingerprint density at radius 2 is 2.12 bits per heavy atom. The summed E-state index contributed by atoms with van der Waals surface area (Å²) in [6.45, 7) is 0. The van der Waals surface area contributed by atoms with Crippen LogP contribution in [0.2, 0.25) is 0 Å². The van der Waals surface area contributed by atoms with E-state index in [1.165, 1.54) is 19.0 Å². The van der Waals surface area contributed by atoms with Gasteiger partial charge in [-0.3, -0.25) is 9.96 Å². The molecule has 0 saturated heterocycles. The maximum atomic E-state index is 9.99. The van der Waals surface area contributed by atoms with Crippen molar-refractivity contribution in [3.8, 4) is 0 Å². The molecule has 0 bridgehead atoms. The normalized spacial score (nSPS) is 12.9. The summed E-state index contributed by atoms with van der Waals surface area (Å²) in [5.74, 6) is 0. The third kappa shape index (κ3) is 2.04. The van der Waals surface area contributed by atoms with Crippen molar-refractivity contribution in [3.63, 3.8) is 0 Å². The number of nitrogens with one attached hydrogen (secondary N) is 1. The van der Waals surface area contributed by atoms with Gasteiger partial charge < -0.3 is 4.90 Å². The molecule has 0 saturated carbocycles. The number of hydrogen-bond acceptors (Lipinski definition) is 2. The Bertz CT molecular complexity index is 122. The van der Waals surface area contributed by atoms with Gasteiger partial charge in [0.05, 0.1) is 0 Å². The average molecular weight is 136 g/mol. The summed E-state index contributed by atoms with van der Waals surface area (Å²) in [7, 11) is 3.08. The highest BCUT2D eigenvalue weighted by atomic mass is 32.2. The van der Waals surface area contributed by atoms with Crippen LogP contribution in [0.3, 0.4) is 0 Å². The number of hydrogen-bond donors (Lipinski definition) is 2. The van der Waals surface area contributed by atoms with Crippen molar-refractivity contribution in [3.05, 3.63) is 0 Å². The lowest BCUT2D eigenvalue weighted by Gasteiger charge is -2.07. The maximum Gasteiger partial charge on any atom is 0.222 e. The van der Waals surface area contributed by atoms with Gasteiger partial charge in [0.1, 0.15) is 0 Å². The molecule has 5 heteroatoms. The molecule has 0 aliphatic rings. The lowest BCUT2D eigenvalue weighted by molar-refractivity contribution is 0.559. The Morgan fingerprint density at radius 3 is 2.12 bits per heavy atom. The van der Waals surface area contributed by atoms with E-state index in [1.807, 2.05) is 0 Å². The molecule has 2 N–H and O–H groups in total. The van der Waals surface area contributed by atoms with Gasteiger partial charge in [0.25, 0.3) is 0 Å². The first kappa shape index (κ1) is 7.58. The van der Waals surface area contributed by atoms with Crippen LogP contribution in [0.15, 0.2) is 0 Å². The molecular formula is C3H8N2O2S. The van der Waals surface area contributed by atoms with Crippen molar-refractivity contribution in [1.82, 2.24) is 4.90 Å². The summed E-state index contributed by atoms with van der Waals surface area (Å²) < 4.78 is 18.2. The van der Waals surface area contributed by atoms with E-state index in [0.29, 0.717) is 0 Å². The molecule has 0 amide bonds. The third-order valence-electron chi connectivity index (χ3n) is 0.572. The van der Waals surface area contributed by atoms with Crippen LogP contribution in [-0.4, -0.2) is 32.9 Å². The van der Waals surface area contributed by atoms with E-state index >= 15 is 0 Å². The summed E-state index contributed by atoms with van der Waals surface area (Å²) in [6.07, 6.45) is 0. The second-order valence-electron chi connectivity index (χ2n) is 1.45. The van der Waals surface area contributed by atoms with E-state index in [9.17, 15) is 4.21 Å². The van der Waals surface area contributed by atoms with Crippen molar-refractivity contribution in [1.29, 1.82) is 5.41 Å². The Kier molecular flexibility index (Phi) is 2.64. The molecule has 48 valence electrons. The fourth-order valence-corrected chi connectivity index (χ4v) is 0.469. The lowest BCUT2D eigenvalue weighted by Crippen LogP contribution is -2.24. The zero-order valence-electron chi connectivity index (χ0n) is 4.71. The molecule has 0 heterocycles. The smallest absolute Gasteiger partial charge is 0.222 e. The molecule has 1 atom stereocenters. The molecule has 4 nitrogen and oxygen atoms in total.